The third-order valence-electron chi connectivity index (χ3n) is 6.71. The van der Waals surface area contributed by atoms with E-state index in [9.17, 15) is 13.6 Å². The third-order valence-corrected chi connectivity index (χ3v) is 6.71. The van der Waals surface area contributed by atoms with Gasteiger partial charge in [-0.05, 0) is 37.3 Å². The molecule has 174 valence electrons. The van der Waals surface area contributed by atoms with Crippen molar-refractivity contribution in [1.82, 2.24) is 19.7 Å². The molecular formula is C24H21F3N6O. The molecule has 1 saturated heterocycles. The van der Waals surface area contributed by atoms with Crippen LogP contribution in [0.4, 0.5) is 24.5 Å². The van der Waals surface area contributed by atoms with Crippen LogP contribution in [0.1, 0.15) is 39.8 Å². The molecule has 34 heavy (non-hydrogen) atoms. The molecule has 4 heterocycles. The van der Waals surface area contributed by atoms with Crippen LogP contribution in [0.3, 0.4) is 0 Å². The quantitative estimate of drug-likeness (QED) is 0.488. The van der Waals surface area contributed by atoms with Gasteiger partial charge in [-0.3, -0.25) is 14.4 Å². The first kappa shape index (κ1) is 20.8. The molecule has 6 rings (SSSR count). The van der Waals surface area contributed by atoms with Crippen molar-refractivity contribution in [2.75, 3.05) is 22.9 Å². The first-order valence-electron chi connectivity index (χ1n) is 11.0. The Labute approximate surface area is 192 Å². The van der Waals surface area contributed by atoms with Gasteiger partial charge in [0.05, 0.1) is 40.9 Å². The molecule has 0 bridgehead atoms. The Morgan fingerprint density at radius 2 is 1.94 bits per heavy atom. The molecule has 2 aromatic heterocycles. The number of fused-ring (bicyclic) bond motifs is 2. The predicted molar refractivity (Wildman–Crippen MR) is 121 cm³/mol. The van der Waals surface area contributed by atoms with E-state index in [0.717, 1.165) is 5.52 Å². The number of aryl methyl sites for hydroxylation is 2. The summed E-state index contributed by atoms with van der Waals surface area (Å²) >= 11 is 0. The van der Waals surface area contributed by atoms with Crippen LogP contribution in [0, 0.1) is 12.7 Å². The van der Waals surface area contributed by atoms with Crippen molar-refractivity contribution in [2.45, 2.75) is 25.3 Å². The highest BCUT2D eigenvalue weighted by molar-refractivity contribution is 6.12. The number of alkyl halides is 2. The molecule has 0 saturated carbocycles. The average molecular weight is 466 g/mol. The molecular weight excluding hydrogens is 445 g/mol. The van der Waals surface area contributed by atoms with Gasteiger partial charge in [-0.1, -0.05) is 6.07 Å². The summed E-state index contributed by atoms with van der Waals surface area (Å²) in [5, 5.41) is 4.39. The zero-order valence-corrected chi connectivity index (χ0v) is 18.5. The molecule has 2 aliphatic heterocycles. The minimum atomic E-state index is -2.78. The highest BCUT2D eigenvalue weighted by Crippen LogP contribution is 2.44. The Morgan fingerprint density at radius 3 is 2.68 bits per heavy atom. The number of rotatable bonds is 3. The highest BCUT2D eigenvalue weighted by atomic mass is 19.3. The molecule has 0 aliphatic carbocycles. The number of H-pyrrole nitrogens is 1. The molecule has 2 aliphatic rings. The summed E-state index contributed by atoms with van der Waals surface area (Å²) in [7, 11) is 1.73. The fourth-order valence-electron chi connectivity index (χ4n) is 5.13. The second-order valence-corrected chi connectivity index (χ2v) is 8.88. The maximum absolute atomic E-state index is 15.6. The SMILES string of the molecule is Cc1nn(C)c2c1C(=O)N(c1ccc3[nH]cnc3c1)C2c1ccc(N2CCC(F)(F)C2)cc1F. The smallest absolute Gasteiger partial charge is 0.266 e. The Kier molecular flexibility index (Phi) is 4.33. The summed E-state index contributed by atoms with van der Waals surface area (Å²) in [5.74, 6) is -3.62. The van der Waals surface area contributed by atoms with Crippen molar-refractivity contribution in [3.63, 3.8) is 0 Å². The van der Waals surface area contributed by atoms with E-state index in [2.05, 4.69) is 15.1 Å². The van der Waals surface area contributed by atoms with Crippen LogP contribution in [0.15, 0.2) is 42.7 Å². The monoisotopic (exact) mass is 466 g/mol. The van der Waals surface area contributed by atoms with Crippen molar-refractivity contribution < 1.29 is 18.0 Å². The Morgan fingerprint density at radius 1 is 1.15 bits per heavy atom. The molecule has 1 atom stereocenters. The number of aromatic amines is 1. The second-order valence-electron chi connectivity index (χ2n) is 8.88. The van der Waals surface area contributed by atoms with Crippen molar-refractivity contribution >= 4 is 28.3 Å². The molecule has 10 heteroatoms. The van der Waals surface area contributed by atoms with Gasteiger partial charge in [0.15, 0.2) is 0 Å². The maximum atomic E-state index is 15.6. The molecule has 7 nitrogen and oxygen atoms in total. The van der Waals surface area contributed by atoms with Gasteiger partial charge in [0.25, 0.3) is 11.8 Å². The number of halogens is 3. The minimum absolute atomic E-state index is 0.161. The summed E-state index contributed by atoms with van der Waals surface area (Å²) in [5.41, 5.74) is 4.34. The average Bonchev–Trinajstić information content (AvgIpc) is 3.53. The molecule has 1 fully saturated rings. The Bertz CT molecular complexity index is 1460. The standard InChI is InChI=1S/C24H21F3N6O/c1-13-20-22(31(2)30-13)21(33(23(20)34)15-4-6-18-19(10-15)29-12-28-18)16-5-3-14(9-17(16)25)32-8-7-24(26,27)11-32/h3-6,9-10,12,21H,7-8,11H2,1-2H3,(H,28,29). The van der Waals surface area contributed by atoms with Crippen LogP contribution < -0.4 is 9.80 Å². The lowest BCUT2D eigenvalue weighted by Gasteiger charge is -2.27. The van der Waals surface area contributed by atoms with Gasteiger partial charge in [0, 0.05) is 37.0 Å². The van der Waals surface area contributed by atoms with Gasteiger partial charge in [0.1, 0.15) is 11.9 Å². The maximum Gasteiger partial charge on any atom is 0.266 e. The van der Waals surface area contributed by atoms with E-state index in [0.29, 0.717) is 33.8 Å². The minimum Gasteiger partial charge on any atom is -0.365 e. The lowest BCUT2D eigenvalue weighted by Crippen LogP contribution is -2.30. The Balaban J connectivity index is 1.47. The lowest BCUT2D eigenvalue weighted by atomic mass is 10.0. The van der Waals surface area contributed by atoms with Gasteiger partial charge in [-0.15, -0.1) is 0 Å². The van der Waals surface area contributed by atoms with Crippen molar-refractivity contribution in [1.29, 1.82) is 0 Å². The number of amides is 1. The van der Waals surface area contributed by atoms with Gasteiger partial charge in [-0.25, -0.2) is 18.2 Å². The summed E-state index contributed by atoms with van der Waals surface area (Å²) in [6.45, 7) is 1.48. The molecule has 4 aromatic rings. The molecule has 0 spiro atoms. The van der Waals surface area contributed by atoms with Crippen molar-refractivity contribution in [2.24, 2.45) is 7.05 Å². The third kappa shape index (κ3) is 3.01. The highest BCUT2D eigenvalue weighted by Gasteiger charge is 2.45. The van der Waals surface area contributed by atoms with E-state index in [4.69, 9.17) is 0 Å². The van der Waals surface area contributed by atoms with Crippen LogP contribution >= 0.6 is 0 Å². The number of hydrogen-bond donors (Lipinski definition) is 1. The molecule has 1 unspecified atom stereocenters. The van der Waals surface area contributed by atoms with E-state index >= 15 is 4.39 Å². The van der Waals surface area contributed by atoms with E-state index in [1.807, 2.05) is 6.07 Å². The summed E-state index contributed by atoms with van der Waals surface area (Å²) in [4.78, 5) is 23.9. The molecule has 2 aromatic carbocycles. The number of carbonyl (C=O) groups excluding carboxylic acids is 1. The van der Waals surface area contributed by atoms with E-state index < -0.39 is 24.3 Å². The van der Waals surface area contributed by atoms with E-state index in [-0.39, 0.29) is 24.4 Å². The lowest BCUT2D eigenvalue weighted by molar-refractivity contribution is 0.0257. The first-order chi connectivity index (χ1) is 16.2. The number of aromatic nitrogens is 4. The van der Waals surface area contributed by atoms with Crippen molar-refractivity contribution in [3.05, 3.63) is 71.1 Å². The largest absolute Gasteiger partial charge is 0.365 e. The number of nitrogens with one attached hydrogen (secondary N) is 1. The normalized spacial score (nSPS) is 19.4. The van der Waals surface area contributed by atoms with Gasteiger partial charge in [-0.2, -0.15) is 5.10 Å². The van der Waals surface area contributed by atoms with Crippen LogP contribution in [-0.4, -0.2) is 44.7 Å². The zero-order valence-electron chi connectivity index (χ0n) is 18.5. The fraction of sp³-hybridized carbons (Fsp3) is 0.292. The summed E-state index contributed by atoms with van der Waals surface area (Å²) < 4.78 is 44.6. The summed E-state index contributed by atoms with van der Waals surface area (Å²) in [6, 6.07) is 9.12. The number of hydrogen-bond acceptors (Lipinski definition) is 4. The molecule has 0 radical (unpaired) electrons. The second kappa shape index (κ2) is 7.09. The van der Waals surface area contributed by atoms with E-state index in [1.165, 1.54) is 11.0 Å². The van der Waals surface area contributed by atoms with Crippen LogP contribution in [0.5, 0.6) is 0 Å². The van der Waals surface area contributed by atoms with E-state index in [1.54, 1.807) is 54.1 Å². The van der Waals surface area contributed by atoms with Crippen LogP contribution in [0.2, 0.25) is 0 Å². The van der Waals surface area contributed by atoms with Crippen molar-refractivity contribution in [3.8, 4) is 0 Å². The van der Waals surface area contributed by atoms with Crippen LogP contribution in [-0.2, 0) is 7.05 Å². The number of imidazole rings is 1. The Hall–Kier alpha value is -3.82. The number of nitrogens with zero attached hydrogens (tertiary/aromatic N) is 5. The van der Waals surface area contributed by atoms with Gasteiger partial charge < -0.3 is 9.88 Å². The van der Waals surface area contributed by atoms with Gasteiger partial charge >= 0.3 is 0 Å². The number of benzene rings is 2. The van der Waals surface area contributed by atoms with Crippen LogP contribution in [0.25, 0.3) is 11.0 Å². The fourth-order valence-corrected chi connectivity index (χ4v) is 5.13. The molecule has 1 N–H and O–H groups in total. The first-order valence-corrected chi connectivity index (χ1v) is 11.0. The topological polar surface area (TPSA) is 70.0 Å². The number of carbonyl (C=O) groups is 1. The zero-order chi connectivity index (χ0) is 23.8. The molecule has 1 amide bonds. The summed E-state index contributed by atoms with van der Waals surface area (Å²) in [6.07, 6.45) is 1.31. The predicted octanol–water partition coefficient (Wildman–Crippen LogP) is 4.34. The van der Waals surface area contributed by atoms with Gasteiger partial charge in [0.2, 0.25) is 0 Å². The number of anilines is 2.